The van der Waals surface area contributed by atoms with Gasteiger partial charge in [0.15, 0.2) is 0 Å². The van der Waals surface area contributed by atoms with Crippen molar-refractivity contribution in [1.82, 2.24) is 10.9 Å². The number of hydrogen-bond donors (Lipinski definition) is 3. The van der Waals surface area contributed by atoms with Crippen LogP contribution in [0, 0.1) is 0 Å². The van der Waals surface area contributed by atoms with E-state index >= 15 is 0 Å². The van der Waals surface area contributed by atoms with Gasteiger partial charge in [-0.25, -0.2) is 10.3 Å². The van der Waals surface area contributed by atoms with Gasteiger partial charge in [0.1, 0.15) is 6.04 Å². The van der Waals surface area contributed by atoms with Crippen LogP contribution in [0.3, 0.4) is 0 Å². The molecule has 0 bridgehead atoms. The van der Waals surface area contributed by atoms with Gasteiger partial charge in [0, 0.05) is 12.6 Å². The molecule has 0 spiro atoms. The molecule has 4 N–H and O–H groups in total. The summed E-state index contributed by atoms with van der Waals surface area (Å²) in [5.74, 6) is -1.18. The molecule has 2 rings (SSSR count). The van der Waals surface area contributed by atoms with Gasteiger partial charge in [-0.15, -0.1) is 0 Å². The Balaban J connectivity index is 2.25. The minimum Gasteiger partial charge on any atom is -0.399 e. The molecule has 3 amide bonds. The fourth-order valence-corrected chi connectivity index (χ4v) is 1.85. The summed E-state index contributed by atoms with van der Waals surface area (Å²) in [6.45, 7) is 1.29. The number of carbonyl (C=O) groups excluding carboxylic acids is 3. The molecule has 1 atom stereocenters. The van der Waals surface area contributed by atoms with E-state index in [1.807, 2.05) is 0 Å². The number of benzene rings is 1. The van der Waals surface area contributed by atoms with E-state index in [-0.39, 0.29) is 12.3 Å². The predicted molar refractivity (Wildman–Crippen MR) is 68.7 cm³/mol. The summed E-state index contributed by atoms with van der Waals surface area (Å²) < 4.78 is 0. The summed E-state index contributed by atoms with van der Waals surface area (Å²) in [7, 11) is 0. The maximum absolute atomic E-state index is 12.2. The van der Waals surface area contributed by atoms with E-state index in [2.05, 4.69) is 10.9 Å². The van der Waals surface area contributed by atoms with Crippen LogP contribution in [-0.2, 0) is 14.4 Å². The second kappa shape index (κ2) is 5.07. The topological polar surface area (TPSA) is 105 Å². The third-order valence-electron chi connectivity index (χ3n) is 2.76. The van der Waals surface area contributed by atoms with Gasteiger partial charge in [0.05, 0.1) is 12.1 Å². The monoisotopic (exact) mass is 262 g/mol. The Morgan fingerprint density at radius 2 is 1.95 bits per heavy atom. The minimum atomic E-state index is -0.742. The van der Waals surface area contributed by atoms with Crippen LogP contribution in [0.4, 0.5) is 11.4 Å². The smallest absolute Gasteiger partial charge is 0.253 e. The molecule has 1 aromatic carbocycles. The van der Waals surface area contributed by atoms with Crippen LogP contribution in [0.5, 0.6) is 0 Å². The Bertz CT molecular complexity index is 526. The maximum Gasteiger partial charge on any atom is 0.253 e. The lowest BCUT2D eigenvalue weighted by molar-refractivity contribution is -0.127. The Kier molecular flexibility index (Phi) is 3.48. The molecule has 1 unspecified atom stereocenters. The fourth-order valence-electron chi connectivity index (χ4n) is 1.85. The number of imide groups is 1. The van der Waals surface area contributed by atoms with Crippen molar-refractivity contribution in [2.45, 2.75) is 19.4 Å². The number of nitrogens with one attached hydrogen (secondary N) is 2. The summed E-state index contributed by atoms with van der Waals surface area (Å²) in [6, 6.07) is 5.63. The van der Waals surface area contributed by atoms with Gasteiger partial charge in [-0.3, -0.25) is 19.8 Å². The SMILES string of the molecule is CC(=O)N(C(=O)C1CC(=O)NN1)c1ccc(N)cc1. The van der Waals surface area contributed by atoms with Crippen molar-refractivity contribution in [2.24, 2.45) is 0 Å². The molecule has 1 aromatic rings. The number of nitrogen functional groups attached to an aromatic ring is 1. The molecular weight excluding hydrogens is 248 g/mol. The van der Waals surface area contributed by atoms with E-state index in [1.54, 1.807) is 24.3 Å². The third kappa shape index (κ3) is 2.71. The number of hydrazine groups is 1. The van der Waals surface area contributed by atoms with Crippen molar-refractivity contribution in [3.8, 4) is 0 Å². The second-order valence-electron chi connectivity index (χ2n) is 4.23. The van der Waals surface area contributed by atoms with Crippen LogP contribution >= 0.6 is 0 Å². The van der Waals surface area contributed by atoms with Crippen LogP contribution in [0.2, 0.25) is 0 Å². The highest BCUT2D eigenvalue weighted by atomic mass is 16.2. The number of amides is 3. The fraction of sp³-hybridized carbons (Fsp3) is 0.250. The summed E-state index contributed by atoms with van der Waals surface area (Å²) >= 11 is 0. The molecule has 7 heteroatoms. The minimum absolute atomic E-state index is 0.0115. The highest BCUT2D eigenvalue weighted by Gasteiger charge is 2.33. The highest BCUT2D eigenvalue weighted by Crippen LogP contribution is 2.18. The van der Waals surface area contributed by atoms with E-state index in [1.165, 1.54) is 6.92 Å². The molecule has 0 aliphatic carbocycles. The number of nitrogens with zero attached hydrogens (tertiary/aromatic N) is 1. The maximum atomic E-state index is 12.2. The molecule has 1 heterocycles. The van der Waals surface area contributed by atoms with Gasteiger partial charge < -0.3 is 5.73 Å². The lowest BCUT2D eigenvalue weighted by Gasteiger charge is -2.22. The van der Waals surface area contributed by atoms with E-state index in [4.69, 9.17) is 5.73 Å². The first kappa shape index (κ1) is 13.0. The molecule has 19 heavy (non-hydrogen) atoms. The van der Waals surface area contributed by atoms with Crippen LogP contribution in [0.1, 0.15) is 13.3 Å². The van der Waals surface area contributed by atoms with Crippen molar-refractivity contribution in [2.75, 3.05) is 10.6 Å². The molecule has 1 saturated heterocycles. The van der Waals surface area contributed by atoms with Crippen LogP contribution in [-0.4, -0.2) is 23.8 Å². The lowest BCUT2D eigenvalue weighted by atomic mass is 10.1. The van der Waals surface area contributed by atoms with Gasteiger partial charge in [0.2, 0.25) is 11.8 Å². The van der Waals surface area contributed by atoms with E-state index in [9.17, 15) is 14.4 Å². The summed E-state index contributed by atoms with van der Waals surface area (Å²) in [4.78, 5) is 36.0. The van der Waals surface area contributed by atoms with Gasteiger partial charge in [-0.05, 0) is 24.3 Å². The van der Waals surface area contributed by atoms with Crippen molar-refractivity contribution in [3.63, 3.8) is 0 Å². The molecule has 7 nitrogen and oxygen atoms in total. The Morgan fingerprint density at radius 1 is 1.32 bits per heavy atom. The van der Waals surface area contributed by atoms with Crippen LogP contribution < -0.4 is 21.5 Å². The van der Waals surface area contributed by atoms with E-state index in [0.29, 0.717) is 11.4 Å². The number of nitrogens with two attached hydrogens (primary N) is 1. The van der Waals surface area contributed by atoms with Crippen molar-refractivity contribution in [3.05, 3.63) is 24.3 Å². The lowest BCUT2D eigenvalue weighted by Crippen LogP contribution is -2.47. The number of rotatable bonds is 2. The quantitative estimate of drug-likeness (QED) is 0.626. The molecule has 100 valence electrons. The van der Waals surface area contributed by atoms with E-state index < -0.39 is 17.9 Å². The van der Waals surface area contributed by atoms with Crippen LogP contribution in [0.15, 0.2) is 24.3 Å². The molecule has 1 aliphatic heterocycles. The first-order valence-electron chi connectivity index (χ1n) is 5.73. The summed E-state index contributed by atoms with van der Waals surface area (Å²) in [5, 5.41) is 0. The summed E-state index contributed by atoms with van der Waals surface area (Å²) in [5.41, 5.74) is 11.4. The van der Waals surface area contributed by atoms with Crippen molar-refractivity contribution < 1.29 is 14.4 Å². The van der Waals surface area contributed by atoms with Crippen molar-refractivity contribution in [1.29, 1.82) is 0 Å². The number of anilines is 2. The Morgan fingerprint density at radius 3 is 2.42 bits per heavy atom. The zero-order valence-electron chi connectivity index (χ0n) is 10.3. The van der Waals surface area contributed by atoms with Gasteiger partial charge in [0.25, 0.3) is 5.91 Å². The second-order valence-corrected chi connectivity index (χ2v) is 4.23. The van der Waals surface area contributed by atoms with Gasteiger partial charge in [-0.2, -0.15) is 0 Å². The van der Waals surface area contributed by atoms with Gasteiger partial charge >= 0.3 is 0 Å². The number of hydrogen-bond acceptors (Lipinski definition) is 5. The first-order chi connectivity index (χ1) is 8.99. The molecule has 0 radical (unpaired) electrons. The molecule has 0 saturated carbocycles. The predicted octanol–water partition coefficient (Wildman–Crippen LogP) is -0.459. The zero-order valence-corrected chi connectivity index (χ0v) is 10.3. The van der Waals surface area contributed by atoms with Crippen molar-refractivity contribution >= 4 is 29.1 Å². The molecular formula is C12H14N4O3. The molecule has 1 fully saturated rings. The van der Waals surface area contributed by atoms with E-state index in [0.717, 1.165) is 4.90 Å². The first-order valence-corrected chi connectivity index (χ1v) is 5.73. The zero-order chi connectivity index (χ0) is 14.0. The largest absolute Gasteiger partial charge is 0.399 e. The standard InChI is InChI=1S/C12H14N4O3/c1-7(17)16(9-4-2-8(13)3-5-9)12(19)10-6-11(18)15-14-10/h2-5,10,14H,6,13H2,1H3,(H,15,18). The molecule has 0 aromatic heterocycles. The molecule has 1 aliphatic rings. The van der Waals surface area contributed by atoms with Gasteiger partial charge in [-0.1, -0.05) is 0 Å². The highest BCUT2D eigenvalue weighted by molar-refractivity contribution is 6.16. The average Bonchev–Trinajstić information content (AvgIpc) is 2.78. The average molecular weight is 262 g/mol. The Labute approximate surface area is 109 Å². The summed E-state index contributed by atoms with van der Waals surface area (Å²) in [6.07, 6.45) is 0.0115. The van der Waals surface area contributed by atoms with Crippen LogP contribution in [0.25, 0.3) is 0 Å². The normalized spacial score (nSPS) is 17.9. The Hall–Kier alpha value is -2.41. The number of carbonyl (C=O) groups is 3. The third-order valence-corrected chi connectivity index (χ3v) is 2.76.